The summed E-state index contributed by atoms with van der Waals surface area (Å²) in [7, 11) is 4.05. The van der Waals surface area contributed by atoms with E-state index in [1.54, 1.807) is 0 Å². The Morgan fingerprint density at radius 3 is 2.62 bits per heavy atom. The van der Waals surface area contributed by atoms with Crippen LogP contribution >= 0.6 is 0 Å². The summed E-state index contributed by atoms with van der Waals surface area (Å²) in [6.45, 7) is 5.54. The van der Waals surface area contributed by atoms with Crippen LogP contribution in [0.4, 0.5) is 0 Å². The second kappa shape index (κ2) is 8.64. The summed E-state index contributed by atoms with van der Waals surface area (Å²) < 4.78 is 11.6. The van der Waals surface area contributed by atoms with Crippen LogP contribution in [0.3, 0.4) is 0 Å². The summed E-state index contributed by atoms with van der Waals surface area (Å²) in [5.74, 6) is 6.41. The summed E-state index contributed by atoms with van der Waals surface area (Å²) in [6, 6.07) is 6.02. The van der Waals surface area contributed by atoms with Gasteiger partial charge in [0.15, 0.2) is 6.29 Å². The predicted octanol–water partition coefficient (Wildman–Crippen LogP) is 2.91. The Morgan fingerprint density at radius 2 is 2.00 bits per heavy atom. The van der Waals surface area contributed by atoms with E-state index in [0.29, 0.717) is 0 Å². The van der Waals surface area contributed by atoms with Crippen molar-refractivity contribution >= 4 is 0 Å². The highest BCUT2D eigenvalue weighted by molar-refractivity contribution is 5.41. The average Bonchev–Trinajstić information content (AvgIpc) is 2.53. The van der Waals surface area contributed by atoms with Crippen LogP contribution < -0.4 is 0 Å². The van der Waals surface area contributed by atoms with Crippen LogP contribution in [0.1, 0.15) is 49.8 Å². The Balaban J connectivity index is 2.12. The Morgan fingerprint density at radius 1 is 1.25 bits per heavy atom. The van der Waals surface area contributed by atoms with Crippen molar-refractivity contribution in [2.75, 3.05) is 20.7 Å². The highest BCUT2D eigenvalue weighted by Gasteiger charge is 2.23. The minimum Gasteiger partial charge on any atom is -0.392 e. The van der Waals surface area contributed by atoms with Gasteiger partial charge in [-0.2, -0.15) is 0 Å². The zero-order valence-electron chi connectivity index (χ0n) is 15.3. The van der Waals surface area contributed by atoms with Gasteiger partial charge in [-0.05, 0) is 70.5 Å². The van der Waals surface area contributed by atoms with E-state index in [9.17, 15) is 5.11 Å². The van der Waals surface area contributed by atoms with E-state index in [2.05, 4.69) is 22.8 Å². The molecular formula is C20H29NO3. The lowest BCUT2D eigenvalue weighted by molar-refractivity contribution is -0.199. The van der Waals surface area contributed by atoms with Crippen molar-refractivity contribution in [1.82, 2.24) is 4.90 Å². The molecule has 24 heavy (non-hydrogen) atoms. The number of rotatable bonds is 5. The Bertz CT molecular complexity index is 593. The third-order valence-electron chi connectivity index (χ3n) is 3.81. The minimum atomic E-state index is -0.570. The first kappa shape index (κ1) is 19.0. The molecule has 1 heterocycles. The molecule has 2 rings (SSSR count). The molecule has 4 nitrogen and oxygen atoms in total. The number of aliphatic hydroxyl groups excluding tert-OH is 1. The number of hydrogen-bond acceptors (Lipinski definition) is 4. The molecule has 1 aromatic rings. The third kappa shape index (κ3) is 6.26. The van der Waals surface area contributed by atoms with E-state index in [4.69, 9.17) is 9.47 Å². The van der Waals surface area contributed by atoms with E-state index in [0.717, 1.165) is 49.1 Å². The first-order chi connectivity index (χ1) is 11.4. The molecular weight excluding hydrogens is 302 g/mol. The molecule has 0 radical (unpaired) electrons. The summed E-state index contributed by atoms with van der Waals surface area (Å²) in [5, 5.41) is 9.46. The van der Waals surface area contributed by atoms with Crippen LogP contribution in [-0.4, -0.2) is 42.6 Å². The second-order valence-electron chi connectivity index (χ2n) is 7.11. The SMILES string of the molecule is CN(C)Cc1cc(C#CC(C)(C)OC2CCCCO2)cc(CO)c1. The summed E-state index contributed by atoms with van der Waals surface area (Å²) in [5.41, 5.74) is 2.36. The molecule has 1 fully saturated rings. The Kier molecular flexibility index (Phi) is 6.82. The molecule has 0 bridgehead atoms. The van der Waals surface area contributed by atoms with Gasteiger partial charge >= 0.3 is 0 Å². The fourth-order valence-corrected chi connectivity index (χ4v) is 2.77. The van der Waals surface area contributed by atoms with Crippen molar-refractivity contribution in [3.63, 3.8) is 0 Å². The van der Waals surface area contributed by atoms with Gasteiger partial charge in [0.2, 0.25) is 0 Å². The zero-order valence-corrected chi connectivity index (χ0v) is 15.3. The monoisotopic (exact) mass is 331 g/mol. The average molecular weight is 331 g/mol. The van der Waals surface area contributed by atoms with Crippen LogP contribution in [0.15, 0.2) is 18.2 Å². The van der Waals surface area contributed by atoms with Crippen LogP contribution in [0.25, 0.3) is 0 Å². The normalized spacial score (nSPS) is 18.3. The number of ether oxygens (including phenoxy) is 2. The maximum Gasteiger partial charge on any atom is 0.159 e. The molecule has 0 spiro atoms. The van der Waals surface area contributed by atoms with Crippen LogP contribution in [0, 0.1) is 11.8 Å². The minimum absolute atomic E-state index is 0.0196. The topological polar surface area (TPSA) is 41.9 Å². The molecule has 0 saturated carbocycles. The maximum absolute atomic E-state index is 9.46. The highest BCUT2D eigenvalue weighted by atomic mass is 16.7. The molecule has 0 aromatic heterocycles. The number of nitrogens with zero attached hydrogens (tertiary/aromatic N) is 1. The number of aliphatic hydroxyl groups is 1. The van der Waals surface area contributed by atoms with Gasteiger partial charge in [0, 0.05) is 18.7 Å². The fourth-order valence-electron chi connectivity index (χ4n) is 2.77. The number of hydrogen-bond donors (Lipinski definition) is 1. The molecule has 132 valence electrons. The first-order valence-corrected chi connectivity index (χ1v) is 8.59. The summed E-state index contributed by atoms with van der Waals surface area (Å²) in [4.78, 5) is 2.10. The standard InChI is InChI=1S/C20H29NO3/c1-20(2,24-19-7-5-6-10-23-19)9-8-16-11-17(14-21(3)4)13-18(12-16)15-22/h11-13,19,22H,5-7,10,14-15H2,1-4H3. The number of benzene rings is 1. The molecule has 1 N–H and O–H groups in total. The fraction of sp³-hybridized carbons (Fsp3) is 0.600. The van der Waals surface area contributed by atoms with Crippen LogP contribution in [0.5, 0.6) is 0 Å². The molecule has 0 amide bonds. The van der Waals surface area contributed by atoms with E-state index in [1.807, 2.05) is 40.1 Å². The molecule has 0 aliphatic carbocycles. The lowest BCUT2D eigenvalue weighted by Crippen LogP contribution is -2.33. The van der Waals surface area contributed by atoms with Crippen molar-refractivity contribution in [3.05, 3.63) is 34.9 Å². The van der Waals surface area contributed by atoms with Crippen molar-refractivity contribution in [3.8, 4) is 11.8 Å². The van der Waals surface area contributed by atoms with E-state index >= 15 is 0 Å². The van der Waals surface area contributed by atoms with Crippen LogP contribution in [0.2, 0.25) is 0 Å². The maximum atomic E-state index is 9.46. The van der Waals surface area contributed by atoms with E-state index in [-0.39, 0.29) is 12.9 Å². The zero-order chi connectivity index (χ0) is 17.6. The molecule has 1 atom stereocenters. The molecule has 1 unspecified atom stereocenters. The Labute approximate surface area is 145 Å². The molecule has 1 saturated heterocycles. The van der Waals surface area contributed by atoms with Gasteiger partial charge in [0.25, 0.3) is 0 Å². The van der Waals surface area contributed by atoms with Crippen molar-refractivity contribution in [2.45, 2.75) is 58.2 Å². The quantitative estimate of drug-likeness (QED) is 0.843. The van der Waals surface area contributed by atoms with Gasteiger partial charge in [0.05, 0.1) is 6.61 Å². The van der Waals surface area contributed by atoms with Crippen molar-refractivity contribution < 1.29 is 14.6 Å². The summed E-state index contributed by atoms with van der Waals surface area (Å²) in [6.07, 6.45) is 3.02. The molecule has 4 heteroatoms. The Hall–Kier alpha value is -1.38. The lowest BCUT2D eigenvalue weighted by atomic mass is 10.0. The molecule has 1 aliphatic heterocycles. The largest absolute Gasteiger partial charge is 0.392 e. The van der Waals surface area contributed by atoms with Crippen molar-refractivity contribution in [2.24, 2.45) is 0 Å². The highest BCUT2D eigenvalue weighted by Crippen LogP contribution is 2.20. The van der Waals surface area contributed by atoms with Gasteiger partial charge in [-0.25, -0.2) is 0 Å². The first-order valence-electron chi connectivity index (χ1n) is 8.59. The van der Waals surface area contributed by atoms with Gasteiger partial charge in [-0.15, -0.1) is 0 Å². The van der Waals surface area contributed by atoms with Gasteiger partial charge in [-0.3, -0.25) is 0 Å². The van der Waals surface area contributed by atoms with Crippen LogP contribution in [-0.2, 0) is 22.6 Å². The van der Waals surface area contributed by atoms with E-state index in [1.165, 1.54) is 0 Å². The molecule has 1 aromatic carbocycles. The predicted molar refractivity (Wildman–Crippen MR) is 95.4 cm³/mol. The van der Waals surface area contributed by atoms with Gasteiger partial charge in [-0.1, -0.05) is 17.9 Å². The third-order valence-corrected chi connectivity index (χ3v) is 3.81. The van der Waals surface area contributed by atoms with Gasteiger partial charge in [0.1, 0.15) is 5.60 Å². The van der Waals surface area contributed by atoms with Gasteiger partial charge < -0.3 is 19.5 Å². The smallest absolute Gasteiger partial charge is 0.159 e. The second-order valence-corrected chi connectivity index (χ2v) is 7.11. The summed E-state index contributed by atoms with van der Waals surface area (Å²) >= 11 is 0. The molecule has 1 aliphatic rings. The van der Waals surface area contributed by atoms with Crippen molar-refractivity contribution in [1.29, 1.82) is 0 Å². The van der Waals surface area contributed by atoms with E-state index < -0.39 is 5.60 Å². The lowest BCUT2D eigenvalue weighted by Gasteiger charge is -2.29.